The molecule has 1 aromatic rings. The van der Waals surface area contributed by atoms with Crippen LogP contribution in [-0.2, 0) is 9.05 Å². The number of benzene rings is 1. The Morgan fingerprint density at radius 1 is 1.47 bits per heavy atom. The normalized spacial score (nSPS) is 11.4. The number of halogens is 1. The molecule has 8 heteroatoms. The van der Waals surface area contributed by atoms with Crippen LogP contribution < -0.4 is 0 Å². The third-order valence-corrected chi connectivity index (χ3v) is 4.37. The fourth-order valence-corrected chi connectivity index (χ4v) is 3.54. The average Bonchev–Trinajstić information content (AvgIpc) is 2.15. The van der Waals surface area contributed by atoms with Crippen LogP contribution in [0.2, 0.25) is 0 Å². The molecular formula is C9H10ClNO4S2. The van der Waals surface area contributed by atoms with Crippen LogP contribution in [0.5, 0.6) is 0 Å². The molecule has 0 amide bonds. The van der Waals surface area contributed by atoms with Crippen molar-refractivity contribution in [2.24, 2.45) is 0 Å². The average molecular weight is 296 g/mol. The molecule has 0 atom stereocenters. The van der Waals surface area contributed by atoms with Gasteiger partial charge >= 0.3 is 0 Å². The highest BCUT2D eigenvalue weighted by molar-refractivity contribution is 8.14. The van der Waals surface area contributed by atoms with Crippen molar-refractivity contribution >= 4 is 37.2 Å². The van der Waals surface area contributed by atoms with Crippen LogP contribution >= 0.6 is 22.4 Å². The molecule has 0 aliphatic carbocycles. The second kappa shape index (κ2) is 5.70. The van der Waals surface area contributed by atoms with Crippen LogP contribution in [0.3, 0.4) is 0 Å². The molecule has 0 aliphatic heterocycles. The Morgan fingerprint density at radius 3 is 2.59 bits per heavy atom. The molecule has 0 saturated heterocycles. The van der Waals surface area contributed by atoms with Gasteiger partial charge in [-0.25, -0.2) is 8.42 Å². The molecule has 0 N–H and O–H groups in total. The van der Waals surface area contributed by atoms with Gasteiger partial charge in [-0.3, -0.25) is 10.1 Å². The maximum atomic E-state index is 10.7. The summed E-state index contributed by atoms with van der Waals surface area (Å²) in [5, 5.41) is 10.6. The summed E-state index contributed by atoms with van der Waals surface area (Å²) in [4.78, 5) is 10.9. The van der Waals surface area contributed by atoms with Crippen molar-refractivity contribution in [3.05, 3.63) is 33.9 Å². The quantitative estimate of drug-likeness (QED) is 0.361. The van der Waals surface area contributed by atoms with E-state index < -0.39 is 14.0 Å². The molecule has 0 heterocycles. The summed E-state index contributed by atoms with van der Waals surface area (Å²) in [6, 6.07) is 4.66. The van der Waals surface area contributed by atoms with E-state index in [0.717, 1.165) is 4.90 Å². The highest BCUT2D eigenvalue weighted by atomic mass is 35.7. The molecular weight excluding hydrogens is 286 g/mol. The summed E-state index contributed by atoms with van der Waals surface area (Å²) in [5.74, 6) is 0.193. The maximum Gasteiger partial charge on any atom is 0.272 e. The predicted octanol–water partition coefficient (Wildman–Crippen LogP) is 2.56. The van der Waals surface area contributed by atoms with Crippen LogP contribution in [0.4, 0.5) is 5.69 Å². The molecule has 1 aromatic carbocycles. The maximum absolute atomic E-state index is 10.7. The van der Waals surface area contributed by atoms with Crippen LogP contribution in [0.1, 0.15) is 5.56 Å². The summed E-state index contributed by atoms with van der Waals surface area (Å²) in [6.45, 7) is 1.64. The van der Waals surface area contributed by atoms with Crippen LogP contribution in [0, 0.1) is 17.0 Å². The van der Waals surface area contributed by atoms with E-state index in [1.807, 2.05) is 0 Å². The van der Waals surface area contributed by atoms with E-state index in [1.54, 1.807) is 19.1 Å². The van der Waals surface area contributed by atoms with Crippen LogP contribution in [0.25, 0.3) is 0 Å². The molecule has 94 valence electrons. The number of thioether (sulfide) groups is 1. The third kappa shape index (κ3) is 4.93. The first kappa shape index (κ1) is 14.3. The minimum absolute atomic E-state index is 0.0549. The van der Waals surface area contributed by atoms with Crippen molar-refractivity contribution in [2.45, 2.75) is 11.8 Å². The number of rotatable bonds is 5. The second-order valence-corrected chi connectivity index (χ2v) is 7.36. The molecule has 17 heavy (non-hydrogen) atoms. The molecule has 1 rings (SSSR count). The van der Waals surface area contributed by atoms with E-state index in [9.17, 15) is 18.5 Å². The summed E-state index contributed by atoms with van der Waals surface area (Å²) in [6.07, 6.45) is 0. The van der Waals surface area contributed by atoms with Crippen molar-refractivity contribution in [1.82, 2.24) is 0 Å². The molecule has 0 unspecified atom stereocenters. The Bertz CT molecular complexity index is 530. The van der Waals surface area contributed by atoms with Crippen molar-refractivity contribution in [1.29, 1.82) is 0 Å². The van der Waals surface area contributed by atoms with Gasteiger partial charge in [0.25, 0.3) is 5.69 Å². The number of aryl methyl sites for hydroxylation is 1. The summed E-state index contributed by atoms with van der Waals surface area (Å²) in [7, 11) is 1.58. The lowest BCUT2D eigenvalue weighted by Gasteiger charge is -2.02. The zero-order valence-corrected chi connectivity index (χ0v) is 11.3. The molecule has 0 fully saturated rings. The van der Waals surface area contributed by atoms with E-state index in [4.69, 9.17) is 10.7 Å². The highest BCUT2D eigenvalue weighted by Crippen LogP contribution is 2.25. The fourth-order valence-electron chi connectivity index (χ4n) is 1.18. The van der Waals surface area contributed by atoms with E-state index in [1.165, 1.54) is 17.8 Å². The minimum Gasteiger partial charge on any atom is -0.258 e. The zero-order chi connectivity index (χ0) is 13.1. The number of nitrogens with zero attached hydrogens (tertiary/aromatic N) is 1. The van der Waals surface area contributed by atoms with E-state index in [0.29, 0.717) is 11.3 Å². The monoisotopic (exact) mass is 295 g/mol. The lowest BCUT2D eigenvalue weighted by molar-refractivity contribution is -0.385. The van der Waals surface area contributed by atoms with Crippen LogP contribution in [0.15, 0.2) is 23.1 Å². The lowest BCUT2D eigenvalue weighted by atomic mass is 10.2. The summed E-state index contributed by atoms with van der Waals surface area (Å²) >= 11 is 1.30. The number of nitro benzene ring substituents is 1. The van der Waals surface area contributed by atoms with Gasteiger partial charge in [-0.1, -0.05) is 0 Å². The first-order valence-corrected chi connectivity index (χ1v) is 8.06. The number of hydrogen-bond donors (Lipinski definition) is 0. The first-order valence-electron chi connectivity index (χ1n) is 4.60. The standard InChI is InChI=1S/C9H10ClNO4S2/c1-7-6-8(2-3-9(7)11(12)13)16-4-5-17(10,14)15/h2-3,6H,4-5H2,1H3. The molecule has 0 saturated carbocycles. The molecule has 0 spiro atoms. The van der Waals surface area contributed by atoms with E-state index in [2.05, 4.69) is 0 Å². The number of hydrogen-bond acceptors (Lipinski definition) is 5. The topological polar surface area (TPSA) is 77.3 Å². The second-order valence-electron chi connectivity index (χ2n) is 3.30. The van der Waals surface area contributed by atoms with Crippen molar-refractivity contribution in [2.75, 3.05) is 11.5 Å². The molecule has 5 nitrogen and oxygen atoms in total. The van der Waals surface area contributed by atoms with Gasteiger partial charge in [0.1, 0.15) is 0 Å². The van der Waals surface area contributed by atoms with Gasteiger partial charge in [0.15, 0.2) is 0 Å². The zero-order valence-electron chi connectivity index (χ0n) is 8.92. The van der Waals surface area contributed by atoms with E-state index >= 15 is 0 Å². The molecule has 0 bridgehead atoms. The summed E-state index contributed by atoms with van der Waals surface area (Å²) in [5.41, 5.74) is 0.605. The van der Waals surface area contributed by atoms with Gasteiger partial charge in [0.2, 0.25) is 9.05 Å². The van der Waals surface area contributed by atoms with Gasteiger partial charge in [-0.15, -0.1) is 11.8 Å². The fraction of sp³-hybridized carbons (Fsp3) is 0.333. The molecule has 0 radical (unpaired) electrons. The van der Waals surface area contributed by atoms with Crippen molar-refractivity contribution in [3.8, 4) is 0 Å². The van der Waals surface area contributed by atoms with Gasteiger partial charge in [0, 0.05) is 33.0 Å². The van der Waals surface area contributed by atoms with Gasteiger partial charge in [0.05, 0.1) is 10.7 Å². The van der Waals surface area contributed by atoms with Crippen molar-refractivity contribution in [3.63, 3.8) is 0 Å². The predicted molar refractivity (Wildman–Crippen MR) is 68.2 cm³/mol. The van der Waals surface area contributed by atoms with Gasteiger partial charge in [-0.05, 0) is 19.1 Å². The largest absolute Gasteiger partial charge is 0.272 e. The van der Waals surface area contributed by atoms with E-state index in [-0.39, 0.29) is 11.4 Å². The SMILES string of the molecule is Cc1cc(SCCS(=O)(=O)Cl)ccc1[N+](=O)[O-]. The minimum atomic E-state index is -3.48. The van der Waals surface area contributed by atoms with Gasteiger partial charge in [-0.2, -0.15) is 0 Å². The third-order valence-electron chi connectivity index (χ3n) is 1.96. The highest BCUT2D eigenvalue weighted by Gasteiger charge is 2.11. The smallest absolute Gasteiger partial charge is 0.258 e. The Kier molecular flexibility index (Phi) is 4.79. The molecule has 0 aromatic heterocycles. The Balaban J connectivity index is 2.68. The summed E-state index contributed by atoms with van der Waals surface area (Å²) < 4.78 is 21.4. The first-order chi connectivity index (χ1) is 7.79. The Hall–Kier alpha value is -0.790. The Labute approximate surface area is 108 Å². The Morgan fingerprint density at radius 2 is 2.12 bits per heavy atom. The van der Waals surface area contributed by atoms with Gasteiger partial charge < -0.3 is 0 Å². The lowest BCUT2D eigenvalue weighted by Crippen LogP contribution is -1.99. The molecule has 0 aliphatic rings. The van der Waals surface area contributed by atoms with Crippen LogP contribution in [-0.4, -0.2) is 24.8 Å². The van der Waals surface area contributed by atoms with Crippen molar-refractivity contribution < 1.29 is 13.3 Å². The number of nitro groups is 1.